The second kappa shape index (κ2) is 4.24. The maximum atomic E-state index is 10.5. The largest absolute Gasteiger partial charge is 0.464 e. The molecule has 5 heteroatoms. The Labute approximate surface area is 92.4 Å². The van der Waals surface area contributed by atoms with Crippen LogP contribution < -0.4 is 5.84 Å². The molecule has 4 N–H and O–H groups in total. The van der Waals surface area contributed by atoms with Crippen LogP contribution in [0.1, 0.15) is 5.56 Å². The molecule has 0 atom stereocenters. The number of hydrogen-bond acceptors (Lipinski definition) is 2. The van der Waals surface area contributed by atoms with Crippen molar-refractivity contribution in [1.29, 1.82) is 0 Å². The van der Waals surface area contributed by atoms with Crippen LogP contribution in [0.2, 0.25) is 0 Å². The van der Waals surface area contributed by atoms with Crippen molar-refractivity contribution in [2.45, 2.75) is 6.42 Å². The summed E-state index contributed by atoms with van der Waals surface area (Å²) in [5, 5.41) is 10.5. The van der Waals surface area contributed by atoms with Gasteiger partial charge in [0.1, 0.15) is 0 Å². The molecule has 1 heterocycles. The molecule has 2 rings (SSSR count). The quantitative estimate of drug-likeness (QED) is 0.416. The minimum absolute atomic E-state index is 0.289. The van der Waals surface area contributed by atoms with Gasteiger partial charge in [-0.2, -0.15) is 0 Å². The first-order valence-electron chi connectivity index (χ1n) is 4.98. The van der Waals surface area contributed by atoms with Gasteiger partial charge in [0.25, 0.3) is 0 Å². The average molecular weight is 219 g/mol. The molecule has 0 saturated carbocycles. The van der Waals surface area contributed by atoms with Crippen LogP contribution in [0.3, 0.4) is 0 Å². The molecule has 0 spiro atoms. The summed E-state index contributed by atoms with van der Waals surface area (Å²) in [7, 11) is 0. The van der Waals surface area contributed by atoms with Crippen molar-refractivity contribution in [3.8, 4) is 0 Å². The normalized spacial score (nSPS) is 10.6. The number of benzene rings is 1. The van der Waals surface area contributed by atoms with Gasteiger partial charge in [-0.05, 0) is 18.1 Å². The van der Waals surface area contributed by atoms with Crippen LogP contribution in [-0.4, -0.2) is 27.7 Å². The molecule has 0 aliphatic rings. The van der Waals surface area contributed by atoms with E-state index in [0.29, 0.717) is 6.42 Å². The monoisotopic (exact) mass is 219 g/mol. The Balaban J connectivity index is 2.13. The molecule has 16 heavy (non-hydrogen) atoms. The van der Waals surface area contributed by atoms with Gasteiger partial charge in [0.05, 0.1) is 0 Å². The smallest absolute Gasteiger partial charge is 0.421 e. The molecule has 0 aliphatic carbocycles. The van der Waals surface area contributed by atoms with E-state index in [2.05, 4.69) is 4.98 Å². The minimum atomic E-state index is -1.11. The first-order valence-corrected chi connectivity index (χ1v) is 4.98. The highest BCUT2D eigenvalue weighted by Gasteiger charge is 2.08. The van der Waals surface area contributed by atoms with Crippen molar-refractivity contribution in [2.24, 2.45) is 5.84 Å². The molecular formula is C11H13N3O2. The Morgan fingerprint density at radius 2 is 2.19 bits per heavy atom. The van der Waals surface area contributed by atoms with Crippen molar-refractivity contribution in [1.82, 2.24) is 9.99 Å². The number of nitrogens with zero attached hydrogens (tertiary/aromatic N) is 1. The van der Waals surface area contributed by atoms with E-state index < -0.39 is 6.09 Å². The van der Waals surface area contributed by atoms with Crippen LogP contribution in [0.5, 0.6) is 0 Å². The highest BCUT2D eigenvalue weighted by Crippen LogP contribution is 2.17. The zero-order valence-electron chi connectivity index (χ0n) is 8.68. The van der Waals surface area contributed by atoms with Crippen LogP contribution in [-0.2, 0) is 6.42 Å². The molecular weight excluding hydrogens is 206 g/mol. The number of carbonyl (C=O) groups is 1. The first kappa shape index (κ1) is 10.5. The molecule has 0 bridgehead atoms. The molecule has 1 amide bonds. The summed E-state index contributed by atoms with van der Waals surface area (Å²) in [6.45, 7) is 0.289. The van der Waals surface area contributed by atoms with Gasteiger partial charge >= 0.3 is 6.09 Å². The van der Waals surface area contributed by atoms with Gasteiger partial charge < -0.3 is 10.1 Å². The van der Waals surface area contributed by atoms with Gasteiger partial charge in [0.2, 0.25) is 0 Å². The number of hydrazine groups is 1. The Hall–Kier alpha value is -2.01. The van der Waals surface area contributed by atoms with Crippen molar-refractivity contribution in [2.75, 3.05) is 6.54 Å². The summed E-state index contributed by atoms with van der Waals surface area (Å²) < 4.78 is 0. The molecule has 84 valence electrons. The van der Waals surface area contributed by atoms with Crippen molar-refractivity contribution < 1.29 is 9.90 Å². The molecule has 2 aromatic rings. The Bertz CT molecular complexity index is 507. The summed E-state index contributed by atoms with van der Waals surface area (Å²) in [5.74, 6) is 5.30. The van der Waals surface area contributed by atoms with Crippen LogP contribution in [0.15, 0.2) is 30.5 Å². The molecule has 1 aromatic carbocycles. The standard InChI is InChI=1S/C11H13N3O2/c12-14(11(15)16)6-5-8-7-13-10-4-2-1-3-9(8)10/h1-4,7,13H,5-6,12H2,(H,15,16). The fourth-order valence-corrected chi connectivity index (χ4v) is 1.67. The molecule has 0 unspecified atom stereocenters. The molecule has 0 radical (unpaired) electrons. The lowest BCUT2D eigenvalue weighted by Gasteiger charge is -2.11. The molecule has 0 saturated heterocycles. The summed E-state index contributed by atoms with van der Waals surface area (Å²) in [6.07, 6.45) is 1.38. The number of hydrogen-bond donors (Lipinski definition) is 3. The lowest BCUT2D eigenvalue weighted by atomic mass is 10.1. The van der Waals surface area contributed by atoms with Gasteiger partial charge in [-0.1, -0.05) is 18.2 Å². The first-order chi connectivity index (χ1) is 7.68. The predicted octanol–water partition coefficient (Wildman–Crippen LogP) is 1.56. The molecule has 0 fully saturated rings. The van der Waals surface area contributed by atoms with Gasteiger partial charge in [0.15, 0.2) is 0 Å². The maximum Gasteiger partial charge on any atom is 0.421 e. The summed E-state index contributed by atoms with van der Waals surface area (Å²) in [4.78, 5) is 13.6. The molecule has 1 aromatic heterocycles. The van der Waals surface area contributed by atoms with E-state index >= 15 is 0 Å². The number of aromatic amines is 1. The van der Waals surface area contributed by atoms with Crippen LogP contribution in [0.25, 0.3) is 10.9 Å². The number of para-hydroxylation sites is 1. The van der Waals surface area contributed by atoms with Gasteiger partial charge in [-0.15, -0.1) is 0 Å². The van der Waals surface area contributed by atoms with Crippen LogP contribution in [0.4, 0.5) is 4.79 Å². The lowest BCUT2D eigenvalue weighted by Crippen LogP contribution is -2.37. The Kier molecular flexibility index (Phi) is 2.78. The summed E-state index contributed by atoms with van der Waals surface area (Å²) in [6, 6.07) is 7.89. The highest BCUT2D eigenvalue weighted by atomic mass is 16.4. The number of rotatable bonds is 3. The second-order valence-electron chi connectivity index (χ2n) is 3.59. The van der Waals surface area contributed by atoms with Crippen LogP contribution >= 0.6 is 0 Å². The van der Waals surface area contributed by atoms with E-state index in [1.54, 1.807) is 0 Å². The number of amides is 1. The van der Waals surface area contributed by atoms with E-state index in [9.17, 15) is 4.79 Å². The van der Waals surface area contributed by atoms with Crippen LogP contribution in [0, 0.1) is 0 Å². The number of nitrogens with one attached hydrogen (secondary N) is 1. The maximum absolute atomic E-state index is 10.5. The van der Waals surface area contributed by atoms with Gasteiger partial charge in [-0.25, -0.2) is 15.6 Å². The number of fused-ring (bicyclic) bond motifs is 1. The SMILES string of the molecule is NN(CCc1c[nH]c2ccccc12)C(=O)O. The average Bonchev–Trinajstić information content (AvgIpc) is 2.69. The van der Waals surface area contributed by atoms with E-state index in [4.69, 9.17) is 10.9 Å². The van der Waals surface area contributed by atoms with Crippen molar-refractivity contribution in [3.05, 3.63) is 36.0 Å². The minimum Gasteiger partial charge on any atom is -0.464 e. The summed E-state index contributed by atoms with van der Waals surface area (Å²) >= 11 is 0. The fraction of sp³-hybridized carbons (Fsp3) is 0.182. The fourth-order valence-electron chi connectivity index (χ4n) is 1.67. The van der Waals surface area contributed by atoms with E-state index in [1.807, 2.05) is 30.5 Å². The third-order valence-electron chi connectivity index (χ3n) is 2.54. The molecule has 5 nitrogen and oxygen atoms in total. The third-order valence-corrected chi connectivity index (χ3v) is 2.54. The Morgan fingerprint density at radius 1 is 1.44 bits per heavy atom. The van der Waals surface area contributed by atoms with E-state index in [1.165, 1.54) is 0 Å². The second-order valence-corrected chi connectivity index (χ2v) is 3.59. The Morgan fingerprint density at radius 3 is 2.94 bits per heavy atom. The van der Waals surface area contributed by atoms with Gasteiger partial charge in [-0.3, -0.25) is 0 Å². The van der Waals surface area contributed by atoms with Crippen molar-refractivity contribution >= 4 is 17.0 Å². The molecule has 0 aliphatic heterocycles. The number of carboxylic acid groups (broad SMARTS) is 1. The predicted molar refractivity (Wildman–Crippen MR) is 60.9 cm³/mol. The van der Waals surface area contributed by atoms with Crippen molar-refractivity contribution in [3.63, 3.8) is 0 Å². The van der Waals surface area contributed by atoms with E-state index in [-0.39, 0.29) is 6.54 Å². The topological polar surface area (TPSA) is 82.3 Å². The van der Waals surface area contributed by atoms with E-state index in [0.717, 1.165) is 21.5 Å². The van der Waals surface area contributed by atoms with Gasteiger partial charge in [0, 0.05) is 23.6 Å². The lowest BCUT2D eigenvalue weighted by molar-refractivity contribution is 0.146. The number of aromatic nitrogens is 1. The zero-order valence-corrected chi connectivity index (χ0v) is 8.68. The number of nitrogens with two attached hydrogens (primary N) is 1. The zero-order chi connectivity index (χ0) is 11.5. The highest BCUT2D eigenvalue weighted by molar-refractivity contribution is 5.83. The number of H-pyrrole nitrogens is 1. The summed E-state index contributed by atoms with van der Waals surface area (Å²) in [5.41, 5.74) is 2.13. The third kappa shape index (κ3) is 1.99.